The van der Waals surface area contributed by atoms with Gasteiger partial charge in [-0.3, -0.25) is 9.59 Å². The molecule has 5 rings (SSSR count). The quantitative estimate of drug-likeness (QED) is 0.530. The van der Waals surface area contributed by atoms with Gasteiger partial charge in [0.25, 0.3) is 5.91 Å². The lowest BCUT2D eigenvalue weighted by atomic mass is 9.88. The lowest BCUT2D eigenvalue weighted by molar-refractivity contribution is -0.125. The highest BCUT2D eigenvalue weighted by Gasteiger charge is 2.41. The van der Waals surface area contributed by atoms with E-state index in [4.69, 9.17) is 9.72 Å². The van der Waals surface area contributed by atoms with Crippen molar-refractivity contribution in [1.29, 1.82) is 0 Å². The number of hydrogen-bond acceptors (Lipinski definition) is 8. The number of nitrogens with one attached hydrogen (secondary N) is 3. The highest BCUT2D eigenvalue weighted by molar-refractivity contribution is 6.01. The van der Waals surface area contributed by atoms with Crippen LogP contribution in [0.25, 0.3) is 0 Å². The van der Waals surface area contributed by atoms with Crippen molar-refractivity contribution in [2.75, 3.05) is 48.9 Å². The number of rotatable bonds is 6. The van der Waals surface area contributed by atoms with Crippen molar-refractivity contribution < 1.29 is 14.3 Å². The molecule has 1 saturated carbocycles. The van der Waals surface area contributed by atoms with E-state index in [1.54, 1.807) is 37.4 Å². The average Bonchev–Trinajstić information content (AvgIpc) is 3.42. The van der Waals surface area contributed by atoms with Crippen molar-refractivity contribution in [2.45, 2.75) is 64.5 Å². The largest absolute Gasteiger partial charge is 0.495 e. The molecule has 3 N–H and O–H groups in total. The van der Waals surface area contributed by atoms with Crippen LogP contribution in [0.4, 0.5) is 23.1 Å². The monoisotopic (exact) mass is 521 g/mol. The second-order valence-electron chi connectivity index (χ2n) is 11.3. The van der Waals surface area contributed by atoms with Gasteiger partial charge in [0, 0.05) is 37.8 Å². The van der Waals surface area contributed by atoms with E-state index in [0.29, 0.717) is 35.5 Å². The van der Waals surface area contributed by atoms with Crippen molar-refractivity contribution in [2.24, 2.45) is 5.41 Å². The van der Waals surface area contributed by atoms with Gasteiger partial charge in [-0.1, -0.05) is 19.3 Å². The summed E-state index contributed by atoms with van der Waals surface area (Å²) in [5.41, 5.74) is 1.37. The van der Waals surface area contributed by atoms with Crippen LogP contribution in [0.2, 0.25) is 0 Å². The molecule has 1 saturated heterocycles. The normalized spacial score (nSPS) is 21.6. The molecule has 2 amide bonds. The Hall–Kier alpha value is -3.40. The summed E-state index contributed by atoms with van der Waals surface area (Å²) in [5.74, 6) is 1.65. The number of methoxy groups -OCH3 is 1. The Labute approximate surface area is 224 Å². The summed E-state index contributed by atoms with van der Waals surface area (Å²) in [5, 5.41) is 9.61. The summed E-state index contributed by atoms with van der Waals surface area (Å²) in [6, 6.07) is 5.79. The number of aromatic nitrogens is 2. The van der Waals surface area contributed by atoms with Crippen molar-refractivity contribution in [3.8, 4) is 5.75 Å². The fourth-order valence-electron chi connectivity index (χ4n) is 5.80. The van der Waals surface area contributed by atoms with E-state index in [1.807, 2.05) is 19.9 Å². The number of carbonyl (C=O) groups excluding carboxylic acids is 2. The minimum Gasteiger partial charge on any atom is -0.495 e. The third-order valence-electron chi connectivity index (χ3n) is 7.95. The summed E-state index contributed by atoms with van der Waals surface area (Å²) in [4.78, 5) is 39.6. The second kappa shape index (κ2) is 10.8. The number of nitrogens with zero attached hydrogens (tertiary/aromatic N) is 4. The van der Waals surface area contributed by atoms with Crippen LogP contribution in [-0.4, -0.2) is 67.7 Å². The number of anilines is 4. The maximum absolute atomic E-state index is 13.3. The van der Waals surface area contributed by atoms with Crippen LogP contribution in [0.3, 0.4) is 0 Å². The summed E-state index contributed by atoms with van der Waals surface area (Å²) < 4.78 is 5.61. The molecule has 204 valence electrons. The summed E-state index contributed by atoms with van der Waals surface area (Å²) >= 11 is 0. The molecule has 38 heavy (non-hydrogen) atoms. The Kier molecular flexibility index (Phi) is 7.43. The molecule has 2 aromatic rings. The van der Waals surface area contributed by atoms with Crippen molar-refractivity contribution in [3.63, 3.8) is 0 Å². The number of hydrogen-bond donors (Lipinski definition) is 3. The lowest BCUT2D eigenvalue weighted by Crippen LogP contribution is -2.46. The molecule has 2 fully saturated rings. The summed E-state index contributed by atoms with van der Waals surface area (Å²) in [6.07, 6.45) is 8.46. The molecule has 3 heterocycles. The van der Waals surface area contributed by atoms with Crippen LogP contribution in [0, 0.1) is 5.41 Å². The first kappa shape index (κ1) is 26.2. The molecule has 0 radical (unpaired) electrons. The van der Waals surface area contributed by atoms with Gasteiger partial charge in [-0.2, -0.15) is 4.98 Å². The van der Waals surface area contributed by atoms with Gasteiger partial charge < -0.3 is 30.5 Å². The number of carbonyl (C=O) groups is 2. The molecule has 0 bridgehead atoms. The Morgan fingerprint density at radius 2 is 1.97 bits per heavy atom. The van der Waals surface area contributed by atoms with E-state index < -0.39 is 5.41 Å². The molecule has 10 nitrogen and oxygen atoms in total. The van der Waals surface area contributed by atoms with Gasteiger partial charge in [-0.15, -0.1) is 0 Å². The molecule has 1 unspecified atom stereocenters. The zero-order valence-electron chi connectivity index (χ0n) is 22.8. The molecular weight excluding hydrogens is 482 g/mol. The Morgan fingerprint density at radius 1 is 1.18 bits per heavy atom. The smallest absolute Gasteiger partial charge is 0.251 e. The van der Waals surface area contributed by atoms with E-state index in [0.717, 1.165) is 43.9 Å². The number of benzene rings is 1. The number of fused-ring (bicyclic) bond motifs is 1. The summed E-state index contributed by atoms with van der Waals surface area (Å²) in [6.45, 7) is 6.32. The van der Waals surface area contributed by atoms with E-state index >= 15 is 0 Å². The van der Waals surface area contributed by atoms with Crippen LogP contribution in [0.15, 0.2) is 24.4 Å². The zero-order chi connectivity index (χ0) is 26.9. The fraction of sp³-hybridized carbons (Fsp3) is 0.571. The van der Waals surface area contributed by atoms with Gasteiger partial charge >= 0.3 is 0 Å². The van der Waals surface area contributed by atoms with E-state index in [1.165, 1.54) is 19.3 Å². The van der Waals surface area contributed by atoms with Crippen LogP contribution >= 0.6 is 0 Å². The maximum atomic E-state index is 13.3. The molecule has 1 aromatic heterocycles. The highest BCUT2D eigenvalue weighted by atomic mass is 16.5. The van der Waals surface area contributed by atoms with E-state index in [2.05, 4.69) is 25.8 Å². The topological polar surface area (TPSA) is 112 Å². The summed E-state index contributed by atoms with van der Waals surface area (Å²) in [7, 11) is 3.38. The first-order chi connectivity index (χ1) is 18.3. The maximum Gasteiger partial charge on any atom is 0.251 e. The third kappa shape index (κ3) is 5.27. The Balaban J connectivity index is 1.43. The van der Waals surface area contributed by atoms with Gasteiger partial charge in [0.15, 0.2) is 5.82 Å². The molecule has 10 heteroatoms. The Bertz CT molecular complexity index is 1190. The molecule has 1 atom stereocenters. The molecular formula is C28H39N7O3. The highest BCUT2D eigenvalue weighted by Crippen LogP contribution is 2.40. The average molecular weight is 522 g/mol. The van der Waals surface area contributed by atoms with Gasteiger partial charge in [0.1, 0.15) is 11.4 Å². The van der Waals surface area contributed by atoms with Crippen LogP contribution < -0.4 is 30.5 Å². The lowest BCUT2D eigenvalue weighted by Gasteiger charge is -2.38. The predicted octanol–water partition coefficient (Wildman–Crippen LogP) is 3.46. The SMILES string of the molecule is COc1cc(C(=O)NC2CCNC2)ccc1Nc1ncc2c(n1)N(C1CCCCC1)CC(C)(C)C(=O)N2C. The molecule has 2 aliphatic heterocycles. The Morgan fingerprint density at radius 3 is 2.68 bits per heavy atom. The predicted molar refractivity (Wildman–Crippen MR) is 148 cm³/mol. The number of amides is 2. The first-order valence-corrected chi connectivity index (χ1v) is 13.7. The third-order valence-corrected chi connectivity index (χ3v) is 7.95. The molecule has 1 aromatic carbocycles. The zero-order valence-corrected chi connectivity index (χ0v) is 22.8. The van der Waals surface area contributed by atoms with Gasteiger partial charge in [-0.05, 0) is 57.9 Å². The van der Waals surface area contributed by atoms with Crippen LogP contribution in [-0.2, 0) is 4.79 Å². The standard InChI is InChI=1S/C28H39N7O3/c1-28(2)17-35(20-8-6-5-7-9-20)24-22(34(3)26(28)37)16-30-27(33-24)32-21-11-10-18(14-23(21)38-4)25(36)31-19-12-13-29-15-19/h10-11,14,16,19-20,29H,5-9,12-13,15,17H2,1-4H3,(H,31,36)(H,30,32,33). The van der Waals surface area contributed by atoms with Gasteiger partial charge in [0.05, 0.1) is 24.4 Å². The molecule has 3 aliphatic rings. The first-order valence-electron chi connectivity index (χ1n) is 13.7. The fourth-order valence-corrected chi connectivity index (χ4v) is 5.80. The molecule has 0 spiro atoms. The molecule has 1 aliphatic carbocycles. The minimum atomic E-state index is -0.547. The van der Waals surface area contributed by atoms with E-state index in [-0.39, 0.29) is 17.9 Å². The number of ether oxygens (including phenoxy) is 1. The van der Waals surface area contributed by atoms with E-state index in [9.17, 15) is 9.59 Å². The second-order valence-corrected chi connectivity index (χ2v) is 11.3. The van der Waals surface area contributed by atoms with Crippen molar-refractivity contribution in [3.05, 3.63) is 30.0 Å². The minimum absolute atomic E-state index is 0.0605. The van der Waals surface area contributed by atoms with Gasteiger partial charge in [0.2, 0.25) is 11.9 Å². The van der Waals surface area contributed by atoms with Crippen LogP contribution in [0.5, 0.6) is 5.75 Å². The van der Waals surface area contributed by atoms with Crippen molar-refractivity contribution in [1.82, 2.24) is 20.6 Å². The van der Waals surface area contributed by atoms with Gasteiger partial charge in [-0.25, -0.2) is 4.98 Å². The van der Waals surface area contributed by atoms with Crippen LogP contribution in [0.1, 0.15) is 62.7 Å². The van der Waals surface area contributed by atoms with Crippen molar-refractivity contribution >= 4 is 35.0 Å².